The van der Waals surface area contributed by atoms with Crippen molar-refractivity contribution in [1.82, 2.24) is 9.55 Å². The average Bonchev–Trinajstić information content (AvgIpc) is 3.68. The van der Waals surface area contributed by atoms with Crippen LogP contribution in [-0.2, 0) is 28.9 Å². The molecule has 1 saturated carbocycles. The van der Waals surface area contributed by atoms with Crippen LogP contribution in [0.15, 0.2) is 60.8 Å². The number of carbonyl (C=O) groups excluding carboxylic acids is 1. The van der Waals surface area contributed by atoms with Gasteiger partial charge in [0.25, 0.3) is 0 Å². The number of pyridine rings is 1. The molecule has 2 aromatic heterocycles. The van der Waals surface area contributed by atoms with E-state index in [9.17, 15) is 31.1 Å². The summed E-state index contributed by atoms with van der Waals surface area (Å²) in [4.78, 5) is 16.5. The smallest absolute Gasteiger partial charge is 0.489 e. The zero-order chi connectivity index (χ0) is 29.4. The minimum Gasteiger partial charge on any atom is -0.489 e. The molecule has 0 radical (unpaired) electrons. The number of ether oxygens (including phenoxy) is 3. The van der Waals surface area contributed by atoms with Gasteiger partial charge in [0.2, 0.25) is 0 Å². The number of fused-ring (bicyclic) bond motifs is 1. The Morgan fingerprint density at radius 1 is 0.976 bits per heavy atom. The summed E-state index contributed by atoms with van der Waals surface area (Å²) in [6.45, 7) is 1.51. The Bertz CT molecular complexity index is 1560. The van der Waals surface area contributed by atoms with Crippen molar-refractivity contribution in [2.75, 3.05) is 6.61 Å². The summed E-state index contributed by atoms with van der Waals surface area (Å²) in [6.07, 6.45) is -6.60. The second-order valence-electron chi connectivity index (χ2n) is 9.52. The van der Waals surface area contributed by atoms with Gasteiger partial charge in [-0.25, -0.2) is 0 Å². The molecule has 1 aliphatic carbocycles. The van der Waals surface area contributed by atoms with Gasteiger partial charge < -0.3 is 18.8 Å². The number of benzene rings is 2. The first kappa shape index (κ1) is 28.3. The SMILES string of the molecule is CCOC(=O)Cn1ccc2ccc(OCc3c(C(F)(F)F)cc(-c4ccc(OC(F)(F)F)cc4)nc3C3CC3)cc21. The van der Waals surface area contributed by atoms with Gasteiger partial charge >= 0.3 is 18.5 Å². The third-order valence-electron chi connectivity index (χ3n) is 6.54. The predicted molar refractivity (Wildman–Crippen MR) is 136 cm³/mol. The third kappa shape index (κ3) is 6.75. The Labute approximate surface area is 230 Å². The van der Waals surface area contributed by atoms with Crippen LogP contribution in [0.2, 0.25) is 0 Å². The lowest BCUT2D eigenvalue weighted by molar-refractivity contribution is -0.274. The molecule has 6 nitrogen and oxygen atoms in total. The van der Waals surface area contributed by atoms with Crippen molar-refractivity contribution in [2.45, 2.75) is 51.4 Å². The molecule has 0 aliphatic heterocycles. The molecule has 41 heavy (non-hydrogen) atoms. The van der Waals surface area contributed by atoms with Crippen LogP contribution in [-0.4, -0.2) is 28.5 Å². The van der Waals surface area contributed by atoms with Crippen LogP contribution in [0.1, 0.15) is 42.5 Å². The highest BCUT2D eigenvalue weighted by atomic mass is 19.4. The molecular weight excluding hydrogens is 554 g/mol. The van der Waals surface area contributed by atoms with Gasteiger partial charge in [0.1, 0.15) is 24.7 Å². The highest BCUT2D eigenvalue weighted by molar-refractivity contribution is 5.83. The molecule has 0 amide bonds. The molecule has 1 aliphatic rings. The molecule has 4 aromatic rings. The Morgan fingerprint density at radius 2 is 1.68 bits per heavy atom. The van der Waals surface area contributed by atoms with Crippen LogP contribution in [0.3, 0.4) is 0 Å². The number of rotatable bonds is 9. The van der Waals surface area contributed by atoms with E-state index in [-0.39, 0.29) is 41.6 Å². The standard InChI is InChI=1S/C29H24F6N2O4/c1-2-39-26(38)15-37-12-11-18-7-10-21(13-25(18)37)40-16-22-23(28(30,31)32)14-24(36-27(22)19-3-4-19)17-5-8-20(9-6-17)41-29(33,34)35/h5-14,19H,2-4,15-16H2,1H3. The highest BCUT2D eigenvalue weighted by Gasteiger charge is 2.39. The minimum atomic E-state index is -4.89. The largest absolute Gasteiger partial charge is 0.573 e. The molecule has 0 spiro atoms. The maximum atomic E-state index is 14.3. The van der Waals surface area contributed by atoms with E-state index in [1.165, 1.54) is 12.1 Å². The quantitative estimate of drug-likeness (QED) is 0.151. The summed E-state index contributed by atoms with van der Waals surface area (Å²) < 4.78 is 96.8. The van der Waals surface area contributed by atoms with Gasteiger partial charge in [-0.15, -0.1) is 13.2 Å². The number of alkyl halides is 6. The molecule has 0 unspecified atom stereocenters. The van der Waals surface area contributed by atoms with Crippen LogP contribution >= 0.6 is 0 Å². The van der Waals surface area contributed by atoms with Crippen molar-refractivity contribution < 1.29 is 45.3 Å². The molecule has 5 rings (SSSR count). The van der Waals surface area contributed by atoms with E-state index in [2.05, 4.69) is 9.72 Å². The Kier molecular flexibility index (Phi) is 7.58. The lowest BCUT2D eigenvalue weighted by Crippen LogP contribution is -2.17. The first-order valence-electron chi connectivity index (χ1n) is 12.8. The van der Waals surface area contributed by atoms with Crippen LogP contribution in [0, 0.1) is 0 Å². The molecular formula is C29H24F6N2O4. The molecule has 2 aromatic carbocycles. The van der Waals surface area contributed by atoms with Gasteiger partial charge in [-0.05, 0) is 73.7 Å². The number of hydrogen-bond donors (Lipinski definition) is 0. The maximum Gasteiger partial charge on any atom is 0.573 e. The van der Waals surface area contributed by atoms with Crippen LogP contribution in [0.5, 0.6) is 11.5 Å². The molecule has 0 atom stereocenters. The van der Waals surface area contributed by atoms with E-state index in [4.69, 9.17) is 9.47 Å². The maximum absolute atomic E-state index is 14.3. The zero-order valence-electron chi connectivity index (χ0n) is 21.7. The Hall–Kier alpha value is -4.22. The molecule has 2 heterocycles. The van der Waals surface area contributed by atoms with E-state index in [0.717, 1.165) is 23.6 Å². The lowest BCUT2D eigenvalue weighted by Gasteiger charge is -2.19. The van der Waals surface area contributed by atoms with E-state index in [0.29, 0.717) is 24.1 Å². The van der Waals surface area contributed by atoms with Crippen LogP contribution in [0.25, 0.3) is 22.2 Å². The highest BCUT2D eigenvalue weighted by Crippen LogP contribution is 2.45. The summed E-state index contributed by atoms with van der Waals surface area (Å²) in [5, 5.41) is 0.814. The van der Waals surface area contributed by atoms with Gasteiger partial charge in [0.15, 0.2) is 0 Å². The summed E-state index contributed by atoms with van der Waals surface area (Å²) in [5.41, 5.74) is 0.0826. The molecule has 216 valence electrons. The van der Waals surface area contributed by atoms with Crippen molar-refractivity contribution in [3.63, 3.8) is 0 Å². The summed E-state index contributed by atoms with van der Waals surface area (Å²) in [7, 11) is 0. The molecule has 0 saturated heterocycles. The van der Waals surface area contributed by atoms with Gasteiger partial charge in [0, 0.05) is 29.3 Å². The number of carbonyl (C=O) groups is 1. The number of aromatic nitrogens is 2. The average molecular weight is 579 g/mol. The fourth-order valence-corrected chi connectivity index (χ4v) is 4.56. The van der Waals surface area contributed by atoms with Crippen molar-refractivity contribution in [1.29, 1.82) is 0 Å². The molecule has 0 N–H and O–H groups in total. The zero-order valence-corrected chi connectivity index (χ0v) is 21.7. The molecule has 0 bridgehead atoms. The molecule has 12 heteroatoms. The second kappa shape index (κ2) is 11.0. The summed E-state index contributed by atoms with van der Waals surface area (Å²) in [6, 6.07) is 12.2. The van der Waals surface area contributed by atoms with E-state index >= 15 is 0 Å². The first-order valence-corrected chi connectivity index (χ1v) is 12.8. The predicted octanol–water partition coefficient (Wildman–Crippen LogP) is 7.64. The topological polar surface area (TPSA) is 62.6 Å². The fraction of sp³-hybridized carbons (Fsp3) is 0.310. The summed E-state index contributed by atoms with van der Waals surface area (Å²) in [5.74, 6) is -0.795. The van der Waals surface area contributed by atoms with E-state index < -0.39 is 36.4 Å². The second-order valence-corrected chi connectivity index (χ2v) is 9.52. The number of esters is 1. The first-order chi connectivity index (χ1) is 19.4. The Balaban J connectivity index is 1.45. The monoisotopic (exact) mass is 578 g/mol. The van der Waals surface area contributed by atoms with Crippen molar-refractivity contribution in [3.05, 3.63) is 77.6 Å². The fourth-order valence-electron chi connectivity index (χ4n) is 4.56. The van der Waals surface area contributed by atoms with Crippen molar-refractivity contribution in [3.8, 4) is 22.8 Å². The van der Waals surface area contributed by atoms with Gasteiger partial charge in [-0.1, -0.05) is 0 Å². The molecule has 1 fully saturated rings. The van der Waals surface area contributed by atoms with Crippen molar-refractivity contribution >= 4 is 16.9 Å². The normalized spacial score (nSPS) is 13.8. The minimum absolute atomic E-state index is 0.0141. The lowest BCUT2D eigenvalue weighted by atomic mass is 9.99. The Morgan fingerprint density at radius 3 is 2.32 bits per heavy atom. The van der Waals surface area contributed by atoms with E-state index in [1.54, 1.807) is 42.0 Å². The van der Waals surface area contributed by atoms with Gasteiger partial charge in [0.05, 0.1) is 29.1 Å². The van der Waals surface area contributed by atoms with Crippen LogP contribution < -0.4 is 9.47 Å². The number of halogens is 6. The van der Waals surface area contributed by atoms with Gasteiger partial charge in [-0.3, -0.25) is 9.78 Å². The van der Waals surface area contributed by atoms with Crippen molar-refractivity contribution in [2.24, 2.45) is 0 Å². The third-order valence-corrected chi connectivity index (χ3v) is 6.54. The number of nitrogens with zero attached hydrogens (tertiary/aromatic N) is 2. The van der Waals surface area contributed by atoms with Gasteiger partial charge in [-0.2, -0.15) is 13.2 Å². The number of hydrogen-bond acceptors (Lipinski definition) is 5. The van der Waals surface area contributed by atoms with Crippen LogP contribution in [0.4, 0.5) is 26.3 Å². The summed E-state index contributed by atoms with van der Waals surface area (Å²) >= 11 is 0. The van der Waals surface area contributed by atoms with E-state index in [1.807, 2.05) is 0 Å².